The van der Waals surface area contributed by atoms with Crippen molar-refractivity contribution >= 4 is 43.5 Å². The Balaban J connectivity index is 1.68. The Hall–Kier alpha value is -3.58. The second-order valence-corrected chi connectivity index (χ2v) is 7.00. The summed E-state index contributed by atoms with van der Waals surface area (Å²) in [5, 5.41) is 7.27. The molecule has 0 saturated heterocycles. The average Bonchev–Trinajstić information content (AvgIpc) is 3.12. The Morgan fingerprint density at radius 1 is 0.444 bits per heavy atom. The summed E-state index contributed by atoms with van der Waals surface area (Å²) in [5.41, 5.74) is 4.29. The number of benzene rings is 5. The van der Waals surface area contributed by atoms with Crippen LogP contribution in [-0.4, -0.2) is 0 Å². The summed E-state index contributed by atoms with van der Waals surface area (Å²) in [4.78, 5) is 0. The van der Waals surface area contributed by atoms with Crippen molar-refractivity contribution in [1.82, 2.24) is 0 Å². The molecule has 0 aliphatic heterocycles. The molecule has 1 nitrogen and oxygen atoms in total. The Morgan fingerprint density at radius 2 is 1.15 bits per heavy atom. The van der Waals surface area contributed by atoms with E-state index in [1.165, 1.54) is 43.4 Å². The van der Waals surface area contributed by atoms with E-state index in [4.69, 9.17) is 4.42 Å². The highest BCUT2D eigenvalue weighted by Gasteiger charge is 2.12. The minimum Gasteiger partial charge on any atom is -0.455 e. The standard InChI is InChI=1S/C26H16O/c1-2-6-17(7-3-1)19-11-12-22-24-15-14-21-20-9-5-4-8-18(20)10-13-23(21)26(24)27-25(22)16-19/h1-16H. The number of hydrogen-bond acceptors (Lipinski definition) is 1. The lowest BCUT2D eigenvalue weighted by molar-refractivity contribution is 0.673. The lowest BCUT2D eigenvalue weighted by atomic mass is 9.99. The molecule has 0 spiro atoms. The highest BCUT2D eigenvalue weighted by atomic mass is 16.3. The second kappa shape index (κ2) is 5.46. The van der Waals surface area contributed by atoms with Crippen LogP contribution in [0.3, 0.4) is 0 Å². The van der Waals surface area contributed by atoms with Gasteiger partial charge >= 0.3 is 0 Å². The molecule has 1 heteroatoms. The maximum absolute atomic E-state index is 6.38. The summed E-state index contributed by atoms with van der Waals surface area (Å²) in [6.07, 6.45) is 0. The third-order valence-electron chi connectivity index (χ3n) is 5.47. The lowest BCUT2D eigenvalue weighted by Crippen LogP contribution is -1.78. The largest absolute Gasteiger partial charge is 0.455 e. The minimum absolute atomic E-state index is 0.937. The monoisotopic (exact) mass is 344 g/mol. The number of hydrogen-bond donors (Lipinski definition) is 0. The van der Waals surface area contributed by atoms with Crippen LogP contribution in [-0.2, 0) is 0 Å². The maximum Gasteiger partial charge on any atom is 0.143 e. The third kappa shape index (κ3) is 2.12. The fourth-order valence-electron chi connectivity index (χ4n) is 4.13. The maximum atomic E-state index is 6.38. The van der Waals surface area contributed by atoms with Gasteiger partial charge in [0.05, 0.1) is 0 Å². The number of rotatable bonds is 1. The van der Waals surface area contributed by atoms with Gasteiger partial charge in [-0.1, -0.05) is 72.8 Å². The predicted octanol–water partition coefficient (Wildman–Crippen LogP) is 7.56. The molecule has 126 valence electrons. The highest BCUT2D eigenvalue weighted by molar-refractivity contribution is 6.20. The van der Waals surface area contributed by atoms with Gasteiger partial charge in [-0.05, 0) is 51.6 Å². The van der Waals surface area contributed by atoms with Gasteiger partial charge in [-0.2, -0.15) is 0 Å². The Kier molecular flexibility index (Phi) is 2.95. The van der Waals surface area contributed by atoms with E-state index in [-0.39, 0.29) is 0 Å². The molecule has 0 N–H and O–H groups in total. The first-order valence-corrected chi connectivity index (χ1v) is 9.21. The van der Waals surface area contributed by atoms with Crippen LogP contribution in [0.5, 0.6) is 0 Å². The van der Waals surface area contributed by atoms with Crippen molar-refractivity contribution in [3.8, 4) is 11.1 Å². The van der Waals surface area contributed by atoms with Crippen LogP contribution in [0.25, 0.3) is 54.6 Å². The normalized spacial score (nSPS) is 11.7. The van der Waals surface area contributed by atoms with Crippen molar-refractivity contribution in [3.63, 3.8) is 0 Å². The zero-order valence-electron chi connectivity index (χ0n) is 14.6. The molecule has 0 amide bonds. The molecule has 0 unspecified atom stereocenters. The van der Waals surface area contributed by atoms with E-state index >= 15 is 0 Å². The Labute approximate surface area is 156 Å². The molecule has 0 aliphatic rings. The molecule has 0 saturated carbocycles. The summed E-state index contributed by atoms with van der Waals surface area (Å²) in [6.45, 7) is 0. The van der Waals surface area contributed by atoms with E-state index in [1.54, 1.807) is 0 Å². The van der Waals surface area contributed by atoms with Crippen LogP contribution in [0.15, 0.2) is 101 Å². The Morgan fingerprint density at radius 3 is 2.07 bits per heavy atom. The Bertz CT molecular complexity index is 1460. The summed E-state index contributed by atoms with van der Waals surface area (Å²) < 4.78 is 6.38. The van der Waals surface area contributed by atoms with E-state index < -0.39 is 0 Å². The molecule has 1 aromatic heterocycles. The van der Waals surface area contributed by atoms with E-state index in [0.717, 1.165) is 11.2 Å². The summed E-state index contributed by atoms with van der Waals surface area (Å²) in [5.74, 6) is 0. The van der Waals surface area contributed by atoms with Crippen LogP contribution >= 0.6 is 0 Å². The molecule has 0 radical (unpaired) electrons. The van der Waals surface area contributed by atoms with Crippen molar-refractivity contribution < 1.29 is 4.42 Å². The van der Waals surface area contributed by atoms with Crippen molar-refractivity contribution in [2.75, 3.05) is 0 Å². The van der Waals surface area contributed by atoms with E-state index in [0.29, 0.717) is 0 Å². The van der Waals surface area contributed by atoms with Gasteiger partial charge in [0, 0.05) is 16.2 Å². The lowest BCUT2D eigenvalue weighted by Gasteiger charge is -2.04. The average molecular weight is 344 g/mol. The quantitative estimate of drug-likeness (QED) is 0.280. The summed E-state index contributed by atoms with van der Waals surface area (Å²) in [6, 6.07) is 34.2. The van der Waals surface area contributed by atoms with E-state index in [1.807, 2.05) is 6.07 Å². The summed E-state index contributed by atoms with van der Waals surface area (Å²) >= 11 is 0. The molecule has 5 aromatic carbocycles. The number of furan rings is 1. The molecule has 0 aliphatic carbocycles. The SMILES string of the molecule is c1ccc(-c2ccc3c(c2)oc2c3ccc3c4ccccc4ccc32)cc1. The topological polar surface area (TPSA) is 13.1 Å². The van der Waals surface area contributed by atoms with Crippen molar-refractivity contribution in [2.45, 2.75) is 0 Å². The molecule has 0 bridgehead atoms. The van der Waals surface area contributed by atoms with Crippen LogP contribution in [0.2, 0.25) is 0 Å². The fourth-order valence-corrected chi connectivity index (χ4v) is 4.13. The van der Waals surface area contributed by atoms with Gasteiger partial charge in [0.25, 0.3) is 0 Å². The first-order chi connectivity index (χ1) is 13.4. The van der Waals surface area contributed by atoms with Crippen LogP contribution in [0.4, 0.5) is 0 Å². The molecule has 0 fully saturated rings. The number of fused-ring (bicyclic) bond motifs is 7. The first kappa shape index (κ1) is 14.6. The minimum atomic E-state index is 0.937. The van der Waals surface area contributed by atoms with Gasteiger partial charge in [0.15, 0.2) is 0 Å². The van der Waals surface area contributed by atoms with Crippen molar-refractivity contribution in [2.24, 2.45) is 0 Å². The zero-order chi connectivity index (χ0) is 17.8. The molecular formula is C26H16O. The second-order valence-electron chi connectivity index (χ2n) is 7.00. The molecule has 27 heavy (non-hydrogen) atoms. The van der Waals surface area contributed by atoms with Crippen molar-refractivity contribution in [3.05, 3.63) is 97.1 Å². The van der Waals surface area contributed by atoms with Gasteiger partial charge in [-0.15, -0.1) is 0 Å². The zero-order valence-corrected chi connectivity index (χ0v) is 14.6. The highest BCUT2D eigenvalue weighted by Crippen LogP contribution is 2.37. The van der Waals surface area contributed by atoms with Gasteiger partial charge in [0.2, 0.25) is 0 Å². The van der Waals surface area contributed by atoms with E-state index in [2.05, 4.69) is 91.0 Å². The smallest absolute Gasteiger partial charge is 0.143 e. The van der Waals surface area contributed by atoms with Gasteiger partial charge < -0.3 is 4.42 Å². The van der Waals surface area contributed by atoms with Crippen molar-refractivity contribution in [1.29, 1.82) is 0 Å². The molecule has 6 rings (SSSR count). The summed E-state index contributed by atoms with van der Waals surface area (Å²) in [7, 11) is 0. The fraction of sp³-hybridized carbons (Fsp3) is 0. The van der Waals surface area contributed by atoms with Gasteiger partial charge in [-0.3, -0.25) is 0 Å². The van der Waals surface area contributed by atoms with Gasteiger partial charge in [0.1, 0.15) is 11.2 Å². The third-order valence-corrected chi connectivity index (χ3v) is 5.47. The molecular weight excluding hydrogens is 328 g/mol. The van der Waals surface area contributed by atoms with Gasteiger partial charge in [-0.25, -0.2) is 0 Å². The predicted molar refractivity (Wildman–Crippen MR) is 114 cm³/mol. The van der Waals surface area contributed by atoms with Crippen LogP contribution in [0, 0.1) is 0 Å². The van der Waals surface area contributed by atoms with E-state index in [9.17, 15) is 0 Å². The molecule has 1 heterocycles. The van der Waals surface area contributed by atoms with Crippen LogP contribution in [0.1, 0.15) is 0 Å². The first-order valence-electron chi connectivity index (χ1n) is 9.21. The molecule has 0 atom stereocenters. The molecule has 6 aromatic rings. The van der Waals surface area contributed by atoms with Crippen LogP contribution < -0.4 is 0 Å².